The predicted octanol–water partition coefficient (Wildman–Crippen LogP) is 4.45. The van der Waals surface area contributed by atoms with Crippen LogP contribution in [0.15, 0.2) is 18.2 Å². The summed E-state index contributed by atoms with van der Waals surface area (Å²) in [4.78, 5) is 12.3. The molecule has 1 atom stereocenters. The van der Waals surface area contributed by atoms with Crippen LogP contribution < -0.4 is 5.32 Å². The third-order valence-electron chi connectivity index (χ3n) is 3.47. The molecule has 0 radical (unpaired) electrons. The highest BCUT2D eigenvalue weighted by Crippen LogP contribution is 2.24. The second-order valence-electron chi connectivity index (χ2n) is 5.65. The van der Waals surface area contributed by atoms with Crippen LogP contribution in [0.1, 0.15) is 52.0 Å². The Labute approximate surface area is 126 Å². The van der Waals surface area contributed by atoms with Crippen molar-refractivity contribution in [2.24, 2.45) is 0 Å². The minimum Gasteiger partial charge on any atom is -0.464 e. The van der Waals surface area contributed by atoms with Crippen LogP contribution in [0.3, 0.4) is 0 Å². The zero-order chi connectivity index (χ0) is 15.9. The van der Waals surface area contributed by atoms with Crippen LogP contribution in [0.5, 0.6) is 0 Å². The van der Waals surface area contributed by atoms with Crippen LogP contribution in [0.4, 0.5) is 10.1 Å². The van der Waals surface area contributed by atoms with E-state index >= 15 is 0 Å². The van der Waals surface area contributed by atoms with Crippen molar-refractivity contribution in [3.63, 3.8) is 0 Å². The van der Waals surface area contributed by atoms with Gasteiger partial charge in [0.15, 0.2) is 0 Å². The van der Waals surface area contributed by atoms with Gasteiger partial charge in [-0.05, 0) is 51.0 Å². The molecule has 0 bridgehead atoms. The number of nitrogens with one attached hydrogen (secondary N) is 1. The van der Waals surface area contributed by atoms with Crippen molar-refractivity contribution in [2.45, 2.75) is 58.9 Å². The van der Waals surface area contributed by atoms with Gasteiger partial charge >= 0.3 is 5.97 Å². The van der Waals surface area contributed by atoms with E-state index in [9.17, 15) is 9.18 Å². The molecule has 1 unspecified atom stereocenters. The molecule has 0 aliphatic carbocycles. The topological polar surface area (TPSA) is 38.3 Å². The molecule has 0 aliphatic rings. The molecule has 0 aromatic heterocycles. The number of unbranched alkanes of at least 4 members (excludes halogenated alkanes) is 2. The van der Waals surface area contributed by atoms with E-state index in [2.05, 4.69) is 12.2 Å². The first-order chi connectivity index (χ1) is 9.91. The van der Waals surface area contributed by atoms with Crippen LogP contribution in [-0.4, -0.2) is 18.1 Å². The quantitative estimate of drug-likeness (QED) is 0.569. The van der Waals surface area contributed by atoms with E-state index in [1.54, 1.807) is 6.92 Å². The number of aryl methyl sites for hydroxylation is 1. The molecule has 0 fully saturated rings. The first-order valence-corrected chi connectivity index (χ1v) is 7.64. The fourth-order valence-corrected chi connectivity index (χ4v) is 2.36. The van der Waals surface area contributed by atoms with E-state index < -0.39 is 5.54 Å². The zero-order valence-corrected chi connectivity index (χ0v) is 13.5. The van der Waals surface area contributed by atoms with E-state index in [0.29, 0.717) is 18.7 Å². The largest absolute Gasteiger partial charge is 0.464 e. The Morgan fingerprint density at radius 1 is 1.29 bits per heavy atom. The van der Waals surface area contributed by atoms with Crippen LogP contribution in [-0.2, 0) is 9.53 Å². The highest BCUT2D eigenvalue weighted by Gasteiger charge is 2.34. The van der Waals surface area contributed by atoms with Gasteiger partial charge in [0.25, 0.3) is 0 Å². The predicted molar refractivity (Wildman–Crippen MR) is 83.9 cm³/mol. The summed E-state index contributed by atoms with van der Waals surface area (Å²) in [5, 5.41) is 3.17. The Bertz CT molecular complexity index is 456. The van der Waals surface area contributed by atoms with Gasteiger partial charge in [0.05, 0.1) is 6.61 Å². The summed E-state index contributed by atoms with van der Waals surface area (Å²) in [6, 6.07) is 4.70. The first kappa shape index (κ1) is 17.5. The molecular formula is C17H26FNO2. The molecule has 1 rings (SSSR count). The Balaban J connectivity index is 2.91. The van der Waals surface area contributed by atoms with E-state index in [1.807, 2.05) is 19.9 Å². The van der Waals surface area contributed by atoms with Crippen LogP contribution in [0.25, 0.3) is 0 Å². The van der Waals surface area contributed by atoms with Crippen LogP contribution in [0.2, 0.25) is 0 Å². The van der Waals surface area contributed by atoms with E-state index in [0.717, 1.165) is 24.8 Å². The fraction of sp³-hybridized carbons (Fsp3) is 0.588. The summed E-state index contributed by atoms with van der Waals surface area (Å²) in [5.41, 5.74) is 0.600. The number of hydrogen-bond acceptors (Lipinski definition) is 3. The number of esters is 1. The molecule has 1 aromatic rings. The number of ether oxygens (including phenoxy) is 1. The third-order valence-corrected chi connectivity index (χ3v) is 3.47. The molecule has 0 saturated heterocycles. The highest BCUT2D eigenvalue weighted by molar-refractivity contribution is 5.84. The number of hydrogen-bond donors (Lipinski definition) is 1. The summed E-state index contributed by atoms with van der Waals surface area (Å²) >= 11 is 0. The smallest absolute Gasteiger partial charge is 0.331 e. The molecule has 0 amide bonds. The number of benzene rings is 1. The number of halogens is 1. The summed E-state index contributed by atoms with van der Waals surface area (Å²) in [6.07, 6.45) is 3.72. The van der Waals surface area contributed by atoms with Crippen molar-refractivity contribution >= 4 is 11.7 Å². The second kappa shape index (κ2) is 8.01. The molecule has 1 N–H and O–H groups in total. The minimum absolute atomic E-state index is 0.289. The molecule has 0 saturated carbocycles. The monoisotopic (exact) mass is 295 g/mol. The molecular weight excluding hydrogens is 269 g/mol. The van der Waals surface area contributed by atoms with E-state index in [-0.39, 0.29) is 11.8 Å². The van der Waals surface area contributed by atoms with Crippen molar-refractivity contribution < 1.29 is 13.9 Å². The van der Waals surface area contributed by atoms with Gasteiger partial charge in [0.1, 0.15) is 11.4 Å². The number of anilines is 1. The molecule has 0 spiro atoms. The van der Waals surface area contributed by atoms with Gasteiger partial charge in [-0.15, -0.1) is 0 Å². The minimum atomic E-state index is -0.828. The van der Waals surface area contributed by atoms with Gasteiger partial charge in [-0.25, -0.2) is 9.18 Å². The van der Waals surface area contributed by atoms with Crippen LogP contribution >= 0.6 is 0 Å². The fourth-order valence-electron chi connectivity index (χ4n) is 2.36. The van der Waals surface area contributed by atoms with Crippen molar-refractivity contribution in [1.82, 2.24) is 0 Å². The molecule has 1 aromatic carbocycles. The lowest BCUT2D eigenvalue weighted by Crippen LogP contribution is -2.44. The lowest BCUT2D eigenvalue weighted by molar-refractivity contribution is -0.148. The third kappa shape index (κ3) is 5.37. The maximum absolute atomic E-state index is 13.5. The number of rotatable bonds is 8. The Morgan fingerprint density at radius 3 is 2.57 bits per heavy atom. The molecule has 4 heteroatoms. The normalized spacial score (nSPS) is 13.6. The van der Waals surface area contributed by atoms with Gasteiger partial charge in [-0.1, -0.05) is 26.2 Å². The Morgan fingerprint density at radius 2 is 2.00 bits per heavy atom. The van der Waals surface area contributed by atoms with E-state index in [4.69, 9.17) is 4.74 Å². The summed E-state index contributed by atoms with van der Waals surface area (Å²) in [7, 11) is 0. The molecule has 118 valence electrons. The number of carbonyl (C=O) groups is 1. The van der Waals surface area contributed by atoms with Gasteiger partial charge in [-0.2, -0.15) is 0 Å². The van der Waals surface area contributed by atoms with Crippen LogP contribution in [0, 0.1) is 12.7 Å². The molecule has 0 aliphatic heterocycles. The number of carbonyl (C=O) groups excluding carboxylic acids is 1. The SMILES string of the molecule is CCCCCC(C)(Nc1cc(C)cc(F)c1)C(=O)OCC. The van der Waals surface area contributed by atoms with Crippen molar-refractivity contribution in [2.75, 3.05) is 11.9 Å². The maximum Gasteiger partial charge on any atom is 0.331 e. The van der Waals surface area contributed by atoms with Crippen molar-refractivity contribution in [3.05, 3.63) is 29.6 Å². The van der Waals surface area contributed by atoms with E-state index in [1.165, 1.54) is 12.1 Å². The maximum atomic E-state index is 13.5. The highest BCUT2D eigenvalue weighted by atomic mass is 19.1. The average Bonchev–Trinajstić information content (AvgIpc) is 2.38. The standard InChI is InChI=1S/C17H26FNO2/c1-5-7-8-9-17(4,16(20)21-6-2)19-15-11-13(3)10-14(18)12-15/h10-12,19H,5-9H2,1-4H3. The molecule has 21 heavy (non-hydrogen) atoms. The lowest BCUT2D eigenvalue weighted by atomic mass is 9.93. The van der Waals surface area contributed by atoms with Gasteiger partial charge in [-0.3, -0.25) is 0 Å². The molecule has 3 nitrogen and oxygen atoms in total. The van der Waals surface area contributed by atoms with Gasteiger partial charge in [0.2, 0.25) is 0 Å². The first-order valence-electron chi connectivity index (χ1n) is 7.64. The van der Waals surface area contributed by atoms with Gasteiger partial charge < -0.3 is 10.1 Å². The summed E-state index contributed by atoms with van der Waals surface area (Å²) < 4.78 is 18.7. The van der Waals surface area contributed by atoms with Gasteiger partial charge in [0, 0.05) is 5.69 Å². The molecule has 0 heterocycles. The summed E-state index contributed by atoms with van der Waals surface area (Å²) in [5.74, 6) is -0.597. The Kier molecular flexibility index (Phi) is 6.66. The zero-order valence-electron chi connectivity index (χ0n) is 13.5. The second-order valence-corrected chi connectivity index (χ2v) is 5.65. The average molecular weight is 295 g/mol. The summed E-state index contributed by atoms with van der Waals surface area (Å²) in [6.45, 7) is 7.89. The van der Waals surface area contributed by atoms with Crippen molar-refractivity contribution in [3.8, 4) is 0 Å². The van der Waals surface area contributed by atoms with Crippen molar-refractivity contribution in [1.29, 1.82) is 0 Å². The Hall–Kier alpha value is -1.58. The lowest BCUT2D eigenvalue weighted by Gasteiger charge is -2.30.